The number of ether oxygens (including phenoxy) is 2. The predicted molar refractivity (Wildman–Crippen MR) is 77.2 cm³/mol. The van der Waals surface area contributed by atoms with Gasteiger partial charge in [-0.3, -0.25) is 4.79 Å². The normalized spacial score (nSPS) is 21.1. The molecule has 1 aromatic rings. The minimum Gasteiger partial charge on any atom is -0.502 e. The summed E-state index contributed by atoms with van der Waals surface area (Å²) in [7, 11) is 2.97. The lowest BCUT2D eigenvalue weighted by molar-refractivity contribution is -0.119. The number of methoxy groups -OCH3 is 2. The largest absolute Gasteiger partial charge is 0.502 e. The molecule has 1 aliphatic rings. The second kappa shape index (κ2) is 5.99. The lowest BCUT2D eigenvalue weighted by Crippen LogP contribution is -2.18. The van der Waals surface area contributed by atoms with Crippen LogP contribution >= 0.6 is 0 Å². The summed E-state index contributed by atoms with van der Waals surface area (Å²) in [5.41, 5.74) is 1.63. The Labute approximate surface area is 119 Å². The molecule has 0 spiro atoms. The van der Waals surface area contributed by atoms with Crippen LogP contribution in [0.25, 0.3) is 6.08 Å². The number of allylic oxidation sites excluding steroid dienone is 1. The molecule has 108 valence electrons. The van der Waals surface area contributed by atoms with Crippen LogP contribution in [0.3, 0.4) is 0 Å². The van der Waals surface area contributed by atoms with Gasteiger partial charge in [-0.25, -0.2) is 0 Å². The van der Waals surface area contributed by atoms with Crippen LogP contribution in [0.15, 0.2) is 17.7 Å². The molecule has 2 rings (SSSR count). The van der Waals surface area contributed by atoms with Gasteiger partial charge in [0.25, 0.3) is 0 Å². The molecule has 4 nitrogen and oxygen atoms in total. The lowest BCUT2D eigenvalue weighted by Gasteiger charge is -2.19. The summed E-state index contributed by atoms with van der Waals surface area (Å²) in [6.45, 7) is 1.97. The first-order chi connectivity index (χ1) is 9.56. The van der Waals surface area contributed by atoms with E-state index in [0.29, 0.717) is 11.5 Å². The number of Topliss-reactive ketones (excluding diaryl/α,β-unsaturated/α-hetero) is 1. The van der Waals surface area contributed by atoms with Gasteiger partial charge < -0.3 is 14.6 Å². The fraction of sp³-hybridized carbons (Fsp3) is 0.438. The first kappa shape index (κ1) is 14.4. The van der Waals surface area contributed by atoms with Crippen molar-refractivity contribution in [1.82, 2.24) is 0 Å². The maximum atomic E-state index is 12.1. The Morgan fingerprint density at radius 2 is 1.85 bits per heavy atom. The van der Waals surface area contributed by atoms with Crippen molar-refractivity contribution in [3.8, 4) is 17.2 Å². The molecule has 0 saturated heterocycles. The van der Waals surface area contributed by atoms with Gasteiger partial charge in [-0.1, -0.05) is 6.92 Å². The monoisotopic (exact) mass is 276 g/mol. The van der Waals surface area contributed by atoms with E-state index in [-0.39, 0.29) is 17.5 Å². The number of rotatable bonds is 3. The van der Waals surface area contributed by atoms with Gasteiger partial charge in [-0.2, -0.15) is 0 Å². The Morgan fingerprint density at radius 1 is 1.25 bits per heavy atom. The van der Waals surface area contributed by atoms with Gasteiger partial charge in [-0.05, 0) is 48.6 Å². The number of hydrogen-bond donors (Lipinski definition) is 1. The fourth-order valence-corrected chi connectivity index (χ4v) is 2.51. The number of hydrogen-bond acceptors (Lipinski definition) is 4. The Morgan fingerprint density at radius 3 is 2.40 bits per heavy atom. The second-order valence-corrected chi connectivity index (χ2v) is 5.10. The van der Waals surface area contributed by atoms with E-state index >= 15 is 0 Å². The number of carbonyl (C=O) groups is 1. The van der Waals surface area contributed by atoms with E-state index in [2.05, 4.69) is 0 Å². The lowest BCUT2D eigenvalue weighted by atomic mass is 9.84. The summed E-state index contributed by atoms with van der Waals surface area (Å²) in [4.78, 5) is 12.1. The maximum Gasteiger partial charge on any atom is 0.200 e. The van der Waals surface area contributed by atoms with Gasteiger partial charge in [-0.15, -0.1) is 0 Å². The number of phenolic OH excluding ortho intramolecular Hbond substituents is 1. The van der Waals surface area contributed by atoms with Crippen molar-refractivity contribution in [3.63, 3.8) is 0 Å². The van der Waals surface area contributed by atoms with Crippen LogP contribution in [-0.2, 0) is 4.79 Å². The minimum atomic E-state index is -0.0273. The Hall–Kier alpha value is -1.97. The molecule has 0 heterocycles. The summed E-state index contributed by atoms with van der Waals surface area (Å²) in [5, 5.41) is 9.88. The zero-order valence-electron chi connectivity index (χ0n) is 12.1. The quantitative estimate of drug-likeness (QED) is 0.861. The number of carbonyl (C=O) groups excluding carboxylic acids is 1. The Balaban J connectivity index is 2.40. The highest BCUT2D eigenvalue weighted by Gasteiger charge is 2.22. The van der Waals surface area contributed by atoms with Crippen molar-refractivity contribution in [2.45, 2.75) is 26.2 Å². The van der Waals surface area contributed by atoms with Crippen LogP contribution in [0.1, 0.15) is 31.7 Å². The molecule has 0 bridgehead atoms. The summed E-state index contributed by atoms with van der Waals surface area (Å²) in [5.74, 6) is 0.957. The Kier molecular flexibility index (Phi) is 4.32. The van der Waals surface area contributed by atoms with E-state index < -0.39 is 0 Å². The molecule has 0 aromatic heterocycles. The molecule has 1 atom stereocenters. The highest BCUT2D eigenvalue weighted by Crippen LogP contribution is 2.38. The van der Waals surface area contributed by atoms with E-state index in [4.69, 9.17) is 9.47 Å². The average Bonchev–Trinajstić information content (AvgIpc) is 2.45. The summed E-state index contributed by atoms with van der Waals surface area (Å²) < 4.78 is 10.2. The van der Waals surface area contributed by atoms with Crippen molar-refractivity contribution < 1.29 is 19.4 Å². The fourth-order valence-electron chi connectivity index (χ4n) is 2.51. The number of ketones is 1. The SMILES string of the molecule is COc1cc(/C=C2\CCC[C@@H](C)C2=O)cc(OC)c1O. The number of aromatic hydroxyl groups is 1. The zero-order valence-corrected chi connectivity index (χ0v) is 12.1. The van der Waals surface area contributed by atoms with Gasteiger partial charge in [0.05, 0.1) is 14.2 Å². The summed E-state index contributed by atoms with van der Waals surface area (Å²) >= 11 is 0. The molecule has 1 saturated carbocycles. The third-order valence-electron chi connectivity index (χ3n) is 3.69. The van der Waals surface area contributed by atoms with E-state index in [1.54, 1.807) is 12.1 Å². The number of phenols is 1. The molecule has 1 aromatic carbocycles. The highest BCUT2D eigenvalue weighted by molar-refractivity contribution is 6.01. The first-order valence-corrected chi connectivity index (χ1v) is 6.76. The first-order valence-electron chi connectivity index (χ1n) is 6.76. The van der Waals surface area contributed by atoms with Gasteiger partial charge in [0, 0.05) is 5.92 Å². The van der Waals surface area contributed by atoms with Crippen LogP contribution in [0, 0.1) is 5.92 Å². The molecule has 0 radical (unpaired) electrons. The van der Waals surface area contributed by atoms with E-state index in [1.807, 2.05) is 13.0 Å². The van der Waals surface area contributed by atoms with Crippen LogP contribution in [-0.4, -0.2) is 25.1 Å². The molecule has 20 heavy (non-hydrogen) atoms. The summed E-state index contributed by atoms with van der Waals surface area (Å²) in [6.07, 6.45) is 4.65. The molecule has 1 fully saturated rings. The molecular formula is C16H20O4. The average molecular weight is 276 g/mol. The molecule has 0 unspecified atom stereocenters. The van der Waals surface area contributed by atoms with Gasteiger partial charge in [0.15, 0.2) is 17.3 Å². The molecule has 0 aliphatic heterocycles. The highest BCUT2D eigenvalue weighted by atomic mass is 16.5. The van der Waals surface area contributed by atoms with Gasteiger partial charge in [0.1, 0.15) is 0 Å². The third kappa shape index (κ3) is 2.79. The molecule has 0 amide bonds. The van der Waals surface area contributed by atoms with Gasteiger partial charge >= 0.3 is 0 Å². The molecule has 1 aliphatic carbocycles. The van der Waals surface area contributed by atoms with Crippen LogP contribution in [0.2, 0.25) is 0 Å². The Bertz CT molecular complexity index is 520. The second-order valence-electron chi connectivity index (χ2n) is 5.10. The number of benzene rings is 1. The van der Waals surface area contributed by atoms with Crippen molar-refractivity contribution in [2.75, 3.05) is 14.2 Å². The van der Waals surface area contributed by atoms with Crippen LogP contribution in [0.5, 0.6) is 17.2 Å². The van der Waals surface area contributed by atoms with Crippen molar-refractivity contribution >= 4 is 11.9 Å². The van der Waals surface area contributed by atoms with Crippen LogP contribution in [0.4, 0.5) is 0 Å². The van der Waals surface area contributed by atoms with E-state index in [1.165, 1.54) is 14.2 Å². The smallest absolute Gasteiger partial charge is 0.200 e. The predicted octanol–water partition coefficient (Wildman–Crippen LogP) is 3.18. The molecule has 4 heteroatoms. The maximum absolute atomic E-state index is 12.1. The van der Waals surface area contributed by atoms with Crippen molar-refractivity contribution in [2.24, 2.45) is 5.92 Å². The molecule has 1 N–H and O–H groups in total. The minimum absolute atomic E-state index is 0.0273. The molecular weight excluding hydrogens is 256 g/mol. The third-order valence-corrected chi connectivity index (χ3v) is 3.69. The van der Waals surface area contributed by atoms with Crippen molar-refractivity contribution in [3.05, 3.63) is 23.3 Å². The zero-order chi connectivity index (χ0) is 14.7. The topological polar surface area (TPSA) is 55.8 Å². The van der Waals surface area contributed by atoms with E-state index in [9.17, 15) is 9.90 Å². The van der Waals surface area contributed by atoms with E-state index in [0.717, 1.165) is 30.4 Å². The van der Waals surface area contributed by atoms with Crippen molar-refractivity contribution in [1.29, 1.82) is 0 Å². The van der Waals surface area contributed by atoms with Crippen LogP contribution < -0.4 is 9.47 Å². The summed E-state index contributed by atoms with van der Waals surface area (Å²) in [6, 6.07) is 3.41. The van der Waals surface area contributed by atoms with Gasteiger partial charge in [0.2, 0.25) is 5.75 Å². The standard InChI is InChI=1S/C16H20O4/c1-10-5-4-6-12(15(10)17)7-11-8-13(19-2)16(18)14(9-11)20-3/h7-10,18H,4-6H2,1-3H3/b12-7+/t10-/m1/s1.